The number of aromatic nitrogens is 4. The van der Waals surface area contributed by atoms with Crippen LogP contribution in [0.4, 0.5) is 0 Å². The minimum absolute atomic E-state index is 0.0562. The number of H-pyrrole nitrogens is 1. The highest BCUT2D eigenvalue weighted by molar-refractivity contribution is 5.93. The molecule has 0 bridgehead atoms. The van der Waals surface area contributed by atoms with Gasteiger partial charge in [0.15, 0.2) is 5.82 Å². The van der Waals surface area contributed by atoms with Gasteiger partial charge < -0.3 is 14.3 Å². The molecule has 2 amide bonds. The Morgan fingerprint density at radius 1 is 1.25 bits per heavy atom. The number of aromatic amines is 1. The van der Waals surface area contributed by atoms with E-state index in [-0.39, 0.29) is 23.7 Å². The number of carbonyl (C=O) groups excluding carboxylic acids is 2. The highest BCUT2D eigenvalue weighted by atomic mass is 16.5. The summed E-state index contributed by atoms with van der Waals surface area (Å²) in [4.78, 5) is 32.4. The molecule has 2 aliphatic carbocycles. The van der Waals surface area contributed by atoms with Crippen LogP contribution in [-0.2, 0) is 11.2 Å². The molecule has 0 spiro atoms. The van der Waals surface area contributed by atoms with E-state index < -0.39 is 0 Å². The van der Waals surface area contributed by atoms with Gasteiger partial charge in [-0.3, -0.25) is 14.7 Å². The number of rotatable bonds is 7. The van der Waals surface area contributed by atoms with E-state index in [1.165, 1.54) is 12.8 Å². The third-order valence-electron chi connectivity index (χ3n) is 5.81. The average molecular weight is 384 g/mol. The van der Waals surface area contributed by atoms with Crippen molar-refractivity contribution < 1.29 is 14.1 Å². The molecule has 0 aromatic carbocycles. The molecule has 0 unspecified atom stereocenters. The van der Waals surface area contributed by atoms with E-state index in [2.05, 4.69) is 20.3 Å². The molecule has 148 valence electrons. The molecule has 1 saturated heterocycles. The standard InChI is InChI=1S/C19H24N6O3/c1-24(18(26)12-4-5-12)7-6-16-20-17(28-23-16)13-9-25(10-13)19(27)15-8-14(21-22-15)11-2-3-11/h8,11-13H,2-7,9-10H2,1H3,(H,21,22). The Morgan fingerprint density at radius 3 is 2.75 bits per heavy atom. The molecule has 1 aliphatic heterocycles. The van der Waals surface area contributed by atoms with E-state index in [1.54, 1.807) is 9.80 Å². The van der Waals surface area contributed by atoms with Gasteiger partial charge in [0.25, 0.3) is 5.91 Å². The van der Waals surface area contributed by atoms with E-state index in [1.807, 2.05) is 13.1 Å². The summed E-state index contributed by atoms with van der Waals surface area (Å²) in [6.45, 7) is 1.71. The second kappa shape index (κ2) is 6.72. The number of nitrogens with one attached hydrogen (secondary N) is 1. The van der Waals surface area contributed by atoms with E-state index in [9.17, 15) is 9.59 Å². The summed E-state index contributed by atoms with van der Waals surface area (Å²) in [5.74, 6) is 2.16. The lowest BCUT2D eigenvalue weighted by atomic mass is 9.99. The zero-order valence-electron chi connectivity index (χ0n) is 15.9. The zero-order chi connectivity index (χ0) is 19.3. The van der Waals surface area contributed by atoms with Crippen LogP contribution in [-0.4, -0.2) is 68.6 Å². The van der Waals surface area contributed by atoms with E-state index >= 15 is 0 Å². The molecular weight excluding hydrogens is 360 g/mol. The first-order valence-electron chi connectivity index (χ1n) is 10.0. The second-order valence-electron chi connectivity index (χ2n) is 8.22. The number of carbonyl (C=O) groups is 2. The van der Waals surface area contributed by atoms with Gasteiger partial charge in [-0.05, 0) is 31.7 Å². The Kier molecular flexibility index (Phi) is 4.17. The molecule has 5 rings (SSSR count). The molecule has 3 heterocycles. The lowest BCUT2D eigenvalue weighted by Crippen LogP contribution is -2.48. The van der Waals surface area contributed by atoms with Crippen molar-refractivity contribution in [2.24, 2.45) is 5.92 Å². The normalized spacial score (nSPS) is 19.5. The number of amides is 2. The van der Waals surface area contributed by atoms with Gasteiger partial charge >= 0.3 is 0 Å². The fourth-order valence-corrected chi connectivity index (χ4v) is 3.57. The molecule has 3 fully saturated rings. The van der Waals surface area contributed by atoms with Crippen molar-refractivity contribution in [3.8, 4) is 0 Å². The molecule has 2 saturated carbocycles. The minimum atomic E-state index is -0.0562. The van der Waals surface area contributed by atoms with Crippen LogP contribution in [0.3, 0.4) is 0 Å². The molecule has 2 aromatic heterocycles. The molecule has 3 aliphatic rings. The summed E-state index contributed by atoms with van der Waals surface area (Å²) in [6.07, 6.45) is 4.93. The van der Waals surface area contributed by atoms with Crippen LogP contribution in [0, 0.1) is 5.92 Å². The summed E-state index contributed by atoms with van der Waals surface area (Å²) in [5.41, 5.74) is 1.54. The van der Waals surface area contributed by atoms with Gasteiger partial charge in [0, 0.05) is 50.6 Å². The van der Waals surface area contributed by atoms with Gasteiger partial charge in [-0.2, -0.15) is 10.1 Å². The van der Waals surface area contributed by atoms with E-state index in [4.69, 9.17) is 4.52 Å². The average Bonchev–Trinajstić information content (AvgIpc) is 3.59. The van der Waals surface area contributed by atoms with Crippen molar-refractivity contribution >= 4 is 11.8 Å². The SMILES string of the molecule is CN(CCc1noc(C2CN(C(=O)c3cc(C4CC4)[nH]n3)C2)n1)C(=O)C1CC1. The van der Waals surface area contributed by atoms with Crippen molar-refractivity contribution in [3.63, 3.8) is 0 Å². The van der Waals surface area contributed by atoms with Crippen LogP contribution in [0.2, 0.25) is 0 Å². The number of nitrogens with zero attached hydrogens (tertiary/aromatic N) is 5. The molecule has 2 aromatic rings. The topological polar surface area (TPSA) is 108 Å². The Balaban J connectivity index is 1.11. The third-order valence-corrected chi connectivity index (χ3v) is 5.81. The number of likely N-dealkylation sites (N-methyl/N-ethyl adjacent to an activating group) is 1. The van der Waals surface area contributed by atoms with Gasteiger partial charge in [0.2, 0.25) is 11.8 Å². The summed E-state index contributed by atoms with van der Waals surface area (Å²) in [5, 5.41) is 11.2. The molecule has 0 atom stereocenters. The van der Waals surface area contributed by atoms with Crippen molar-refractivity contribution in [2.45, 2.75) is 43.9 Å². The van der Waals surface area contributed by atoms with Gasteiger partial charge in [0.05, 0.1) is 5.92 Å². The van der Waals surface area contributed by atoms with Crippen LogP contribution in [0.5, 0.6) is 0 Å². The molecular formula is C19H24N6O3. The van der Waals surface area contributed by atoms with Crippen LogP contribution in [0.1, 0.15) is 65.4 Å². The molecule has 28 heavy (non-hydrogen) atoms. The zero-order valence-corrected chi connectivity index (χ0v) is 15.9. The van der Waals surface area contributed by atoms with E-state index in [0.717, 1.165) is 18.5 Å². The molecule has 9 nitrogen and oxygen atoms in total. The Bertz CT molecular complexity index is 891. The maximum Gasteiger partial charge on any atom is 0.274 e. The van der Waals surface area contributed by atoms with Gasteiger partial charge in [-0.15, -0.1) is 0 Å². The smallest absolute Gasteiger partial charge is 0.274 e. The molecule has 1 N–H and O–H groups in total. The van der Waals surface area contributed by atoms with E-state index in [0.29, 0.717) is 49.4 Å². The number of hydrogen-bond donors (Lipinski definition) is 1. The number of hydrogen-bond acceptors (Lipinski definition) is 6. The van der Waals surface area contributed by atoms with Gasteiger partial charge in [0.1, 0.15) is 5.69 Å². The fraction of sp³-hybridized carbons (Fsp3) is 0.632. The second-order valence-corrected chi connectivity index (χ2v) is 8.22. The largest absolute Gasteiger partial charge is 0.345 e. The lowest BCUT2D eigenvalue weighted by Gasteiger charge is -2.36. The first-order chi connectivity index (χ1) is 13.6. The lowest BCUT2D eigenvalue weighted by molar-refractivity contribution is -0.131. The van der Waals surface area contributed by atoms with Crippen LogP contribution >= 0.6 is 0 Å². The van der Waals surface area contributed by atoms with Crippen molar-refractivity contribution in [1.29, 1.82) is 0 Å². The monoisotopic (exact) mass is 384 g/mol. The van der Waals surface area contributed by atoms with Crippen LogP contribution in [0.15, 0.2) is 10.6 Å². The van der Waals surface area contributed by atoms with Crippen molar-refractivity contribution in [2.75, 3.05) is 26.7 Å². The summed E-state index contributed by atoms with van der Waals surface area (Å²) in [6, 6.07) is 1.87. The van der Waals surface area contributed by atoms with Crippen LogP contribution < -0.4 is 0 Å². The third kappa shape index (κ3) is 3.41. The molecule has 9 heteroatoms. The molecule has 0 radical (unpaired) electrons. The maximum atomic E-state index is 12.5. The minimum Gasteiger partial charge on any atom is -0.345 e. The summed E-state index contributed by atoms with van der Waals surface area (Å²) >= 11 is 0. The fourth-order valence-electron chi connectivity index (χ4n) is 3.57. The maximum absolute atomic E-state index is 12.5. The first-order valence-corrected chi connectivity index (χ1v) is 10.0. The first kappa shape index (κ1) is 17.4. The Morgan fingerprint density at radius 2 is 2.04 bits per heavy atom. The highest BCUT2D eigenvalue weighted by Gasteiger charge is 2.37. The quantitative estimate of drug-likeness (QED) is 0.771. The predicted molar refractivity (Wildman–Crippen MR) is 97.6 cm³/mol. The van der Waals surface area contributed by atoms with Crippen molar-refractivity contribution in [1.82, 2.24) is 30.1 Å². The predicted octanol–water partition coefficient (Wildman–Crippen LogP) is 1.32. The van der Waals surface area contributed by atoms with Crippen LogP contribution in [0.25, 0.3) is 0 Å². The number of likely N-dealkylation sites (tertiary alicyclic amines) is 1. The summed E-state index contributed by atoms with van der Waals surface area (Å²) < 4.78 is 5.37. The van der Waals surface area contributed by atoms with Gasteiger partial charge in [-0.25, -0.2) is 0 Å². The Hall–Kier alpha value is -2.71. The van der Waals surface area contributed by atoms with Gasteiger partial charge in [-0.1, -0.05) is 5.16 Å². The Labute approximate surface area is 162 Å². The van der Waals surface area contributed by atoms with Crippen molar-refractivity contribution in [3.05, 3.63) is 29.2 Å². The highest BCUT2D eigenvalue weighted by Crippen LogP contribution is 2.39. The summed E-state index contributed by atoms with van der Waals surface area (Å²) in [7, 11) is 1.82.